The van der Waals surface area contributed by atoms with Crippen molar-refractivity contribution in [2.45, 2.75) is 19.1 Å². The van der Waals surface area contributed by atoms with Crippen LogP contribution in [0.3, 0.4) is 0 Å². The van der Waals surface area contributed by atoms with Crippen LogP contribution >= 0.6 is 0 Å². The standard InChI is InChI=1S/C18H16F3N3O/c19-18(20,21)14-6-3-5-13(11-14)17(25)22-9-4-10-24-12-23-15-7-1-2-8-16(15)24/h1-3,5-8,11-12H,4,9-10H2,(H,22,25). The van der Waals surface area contributed by atoms with Crippen molar-refractivity contribution in [3.63, 3.8) is 0 Å². The van der Waals surface area contributed by atoms with E-state index >= 15 is 0 Å². The summed E-state index contributed by atoms with van der Waals surface area (Å²) in [6.07, 6.45) is -2.08. The van der Waals surface area contributed by atoms with Crippen LogP contribution in [0.5, 0.6) is 0 Å². The number of hydrogen-bond acceptors (Lipinski definition) is 2. The number of benzene rings is 2. The van der Waals surface area contributed by atoms with Crippen molar-refractivity contribution in [1.29, 1.82) is 0 Å². The molecule has 130 valence electrons. The van der Waals surface area contributed by atoms with Gasteiger partial charge >= 0.3 is 6.18 Å². The van der Waals surface area contributed by atoms with Crippen LogP contribution in [0.25, 0.3) is 11.0 Å². The average Bonchev–Trinajstić information content (AvgIpc) is 3.01. The van der Waals surface area contributed by atoms with E-state index in [1.54, 1.807) is 6.33 Å². The SMILES string of the molecule is O=C(NCCCn1cnc2ccccc21)c1cccc(C(F)(F)F)c1. The maximum atomic E-state index is 12.7. The highest BCUT2D eigenvalue weighted by Gasteiger charge is 2.30. The number of para-hydroxylation sites is 2. The van der Waals surface area contributed by atoms with Gasteiger partial charge in [0.25, 0.3) is 5.91 Å². The van der Waals surface area contributed by atoms with Crippen LogP contribution in [0, 0.1) is 0 Å². The summed E-state index contributed by atoms with van der Waals surface area (Å²) >= 11 is 0. The van der Waals surface area contributed by atoms with Crippen molar-refractivity contribution in [3.8, 4) is 0 Å². The molecule has 1 heterocycles. The van der Waals surface area contributed by atoms with E-state index in [1.165, 1.54) is 12.1 Å². The van der Waals surface area contributed by atoms with Crippen LogP contribution < -0.4 is 5.32 Å². The van der Waals surface area contributed by atoms with Gasteiger partial charge in [0.15, 0.2) is 0 Å². The maximum absolute atomic E-state index is 12.7. The van der Waals surface area contributed by atoms with Crippen molar-refractivity contribution in [3.05, 3.63) is 66.0 Å². The number of alkyl halides is 3. The predicted octanol–water partition coefficient (Wildman–Crippen LogP) is 3.88. The maximum Gasteiger partial charge on any atom is 0.416 e. The van der Waals surface area contributed by atoms with Gasteiger partial charge in [-0.05, 0) is 36.8 Å². The first-order valence-corrected chi connectivity index (χ1v) is 7.80. The molecule has 7 heteroatoms. The Balaban J connectivity index is 1.55. The van der Waals surface area contributed by atoms with E-state index in [-0.39, 0.29) is 5.56 Å². The number of imidazole rings is 1. The Morgan fingerprint density at radius 1 is 1.12 bits per heavy atom. The molecule has 0 saturated carbocycles. The summed E-state index contributed by atoms with van der Waals surface area (Å²) in [5, 5.41) is 2.65. The Kier molecular flexibility index (Phi) is 4.74. The number of rotatable bonds is 5. The zero-order chi connectivity index (χ0) is 17.9. The molecule has 4 nitrogen and oxygen atoms in total. The fourth-order valence-corrected chi connectivity index (χ4v) is 2.58. The Morgan fingerprint density at radius 3 is 2.72 bits per heavy atom. The Hall–Kier alpha value is -2.83. The Morgan fingerprint density at radius 2 is 1.92 bits per heavy atom. The molecule has 3 aromatic rings. The van der Waals surface area contributed by atoms with Crippen molar-refractivity contribution >= 4 is 16.9 Å². The number of halogens is 3. The van der Waals surface area contributed by atoms with Gasteiger partial charge in [-0.3, -0.25) is 4.79 Å². The number of aromatic nitrogens is 2. The van der Waals surface area contributed by atoms with Gasteiger partial charge in [-0.1, -0.05) is 18.2 Å². The average molecular weight is 347 g/mol. The lowest BCUT2D eigenvalue weighted by Gasteiger charge is -2.09. The molecule has 0 spiro atoms. The molecule has 1 amide bonds. The van der Waals surface area contributed by atoms with Crippen LogP contribution in [0.1, 0.15) is 22.3 Å². The second kappa shape index (κ2) is 6.96. The lowest BCUT2D eigenvalue weighted by atomic mass is 10.1. The molecular formula is C18H16F3N3O. The molecule has 0 fully saturated rings. The third-order valence-corrected chi connectivity index (χ3v) is 3.84. The molecule has 0 bridgehead atoms. The third-order valence-electron chi connectivity index (χ3n) is 3.84. The molecule has 3 rings (SSSR count). The number of carbonyl (C=O) groups is 1. The van der Waals surface area contributed by atoms with Gasteiger partial charge in [0.1, 0.15) is 0 Å². The first-order chi connectivity index (χ1) is 11.9. The second-order valence-electron chi connectivity index (χ2n) is 5.61. The van der Waals surface area contributed by atoms with Gasteiger partial charge in [-0.25, -0.2) is 4.98 Å². The number of amides is 1. The molecule has 0 unspecified atom stereocenters. The minimum Gasteiger partial charge on any atom is -0.352 e. The highest BCUT2D eigenvalue weighted by atomic mass is 19.4. The largest absolute Gasteiger partial charge is 0.416 e. The van der Waals surface area contributed by atoms with Gasteiger partial charge in [-0.2, -0.15) is 13.2 Å². The van der Waals surface area contributed by atoms with E-state index in [4.69, 9.17) is 0 Å². The highest BCUT2D eigenvalue weighted by molar-refractivity contribution is 5.94. The highest BCUT2D eigenvalue weighted by Crippen LogP contribution is 2.29. The molecule has 0 aliphatic rings. The number of fused-ring (bicyclic) bond motifs is 1. The number of nitrogens with one attached hydrogen (secondary N) is 1. The minimum absolute atomic E-state index is 0.00269. The monoisotopic (exact) mass is 347 g/mol. The van der Waals surface area contributed by atoms with Crippen molar-refractivity contribution in [2.75, 3.05) is 6.54 Å². The third kappa shape index (κ3) is 3.99. The van der Waals surface area contributed by atoms with Gasteiger partial charge in [0, 0.05) is 18.7 Å². The van der Waals surface area contributed by atoms with E-state index in [0.717, 1.165) is 23.2 Å². The number of aryl methyl sites for hydroxylation is 1. The van der Waals surface area contributed by atoms with E-state index in [2.05, 4.69) is 10.3 Å². The van der Waals surface area contributed by atoms with Crippen LogP contribution in [-0.2, 0) is 12.7 Å². The first kappa shape index (κ1) is 17.0. The molecule has 25 heavy (non-hydrogen) atoms. The molecule has 2 aromatic carbocycles. The molecule has 0 atom stereocenters. The van der Waals surface area contributed by atoms with Gasteiger partial charge < -0.3 is 9.88 Å². The molecule has 1 N–H and O–H groups in total. The summed E-state index contributed by atoms with van der Waals surface area (Å²) in [6.45, 7) is 1.02. The molecule has 0 saturated heterocycles. The minimum atomic E-state index is -4.46. The normalized spacial score (nSPS) is 11.6. The summed E-state index contributed by atoms with van der Waals surface area (Å²) in [5.74, 6) is -0.512. The summed E-state index contributed by atoms with van der Waals surface area (Å²) in [7, 11) is 0. The molecular weight excluding hydrogens is 331 g/mol. The van der Waals surface area contributed by atoms with Gasteiger partial charge in [0.2, 0.25) is 0 Å². The van der Waals surface area contributed by atoms with Crippen molar-refractivity contribution < 1.29 is 18.0 Å². The van der Waals surface area contributed by atoms with Crippen molar-refractivity contribution in [2.24, 2.45) is 0 Å². The molecule has 0 aliphatic carbocycles. The van der Waals surface area contributed by atoms with E-state index in [0.29, 0.717) is 19.5 Å². The summed E-state index contributed by atoms with van der Waals surface area (Å²) in [4.78, 5) is 16.3. The molecule has 0 aliphatic heterocycles. The quantitative estimate of drug-likeness (QED) is 0.712. The fourth-order valence-electron chi connectivity index (χ4n) is 2.58. The van der Waals surface area contributed by atoms with Crippen LogP contribution in [0.2, 0.25) is 0 Å². The van der Waals surface area contributed by atoms with Gasteiger partial charge in [0.05, 0.1) is 22.9 Å². The van der Waals surface area contributed by atoms with Gasteiger partial charge in [-0.15, -0.1) is 0 Å². The van der Waals surface area contributed by atoms with Crippen LogP contribution in [0.4, 0.5) is 13.2 Å². The summed E-state index contributed by atoms with van der Waals surface area (Å²) < 4.78 is 40.0. The van der Waals surface area contributed by atoms with Crippen molar-refractivity contribution in [1.82, 2.24) is 14.9 Å². The number of hydrogen-bond donors (Lipinski definition) is 1. The first-order valence-electron chi connectivity index (χ1n) is 7.80. The smallest absolute Gasteiger partial charge is 0.352 e. The fraction of sp³-hybridized carbons (Fsp3) is 0.222. The Bertz CT molecular complexity index is 886. The summed E-state index contributed by atoms with van der Waals surface area (Å²) in [6, 6.07) is 12.1. The summed E-state index contributed by atoms with van der Waals surface area (Å²) in [5.41, 5.74) is 1.08. The van der Waals surface area contributed by atoms with Crippen LogP contribution in [-0.4, -0.2) is 22.0 Å². The zero-order valence-corrected chi connectivity index (χ0v) is 13.3. The predicted molar refractivity (Wildman–Crippen MR) is 88.1 cm³/mol. The van der Waals surface area contributed by atoms with E-state index in [1.807, 2.05) is 28.8 Å². The second-order valence-corrected chi connectivity index (χ2v) is 5.61. The van der Waals surface area contributed by atoms with E-state index in [9.17, 15) is 18.0 Å². The lowest BCUT2D eigenvalue weighted by molar-refractivity contribution is -0.137. The Labute approximate surface area is 142 Å². The topological polar surface area (TPSA) is 46.9 Å². The van der Waals surface area contributed by atoms with Crippen LogP contribution in [0.15, 0.2) is 54.9 Å². The number of carbonyl (C=O) groups excluding carboxylic acids is 1. The zero-order valence-electron chi connectivity index (χ0n) is 13.3. The number of nitrogens with zero attached hydrogens (tertiary/aromatic N) is 2. The molecule has 0 radical (unpaired) electrons. The molecule has 1 aromatic heterocycles. The lowest BCUT2D eigenvalue weighted by Crippen LogP contribution is -2.25. The van der Waals surface area contributed by atoms with E-state index < -0.39 is 17.6 Å².